The number of rotatable bonds is 3. The molecule has 54 valence electrons. The lowest BCUT2D eigenvalue weighted by Crippen LogP contribution is -1.94. The first-order valence-electron chi connectivity index (χ1n) is 2.30. The largest absolute Gasteiger partial charge is 0.264 e. The van der Waals surface area contributed by atoms with E-state index < -0.39 is 4.92 Å². The molecule has 0 fully saturated rings. The van der Waals surface area contributed by atoms with Gasteiger partial charge in [-0.3, -0.25) is 10.1 Å². The number of thioether (sulfide) groups is 1. The molecule has 0 aromatic carbocycles. The van der Waals surface area contributed by atoms with Crippen LogP contribution in [0, 0.1) is 10.1 Å². The molecule has 0 bridgehead atoms. The molecule has 0 N–H and O–H groups in total. The molecular formula is C3H3N3O2S2. The number of nitro groups is 1. The fourth-order valence-electron chi connectivity index (χ4n) is 0.334. The third-order valence-electron chi connectivity index (χ3n) is 0.633. The maximum Gasteiger partial charge on any atom is 0.255 e. The van der Waals surface area contributed by atoms with E-state index in [4.69, 9.17) is 0 Å². The molecular weight excluding hydrogens is 174 g/mol. The van der Waals surface area contributed by atoms with Crippen molar-refractivity contribution in [3.63, 3.8) is 0 Å². The quantitative estimate of drug-likeness (QED) is 0.296. The van der Waals surface area contributed by atoms with Gasteiger partial charge in [0.2, 0.25) is 0 Å². The van der Waals surface area contributed by atoms with Crippen LogP contribution < -0.4 is 0 Å². The van der Waals surface area contributed by atoms with Gasteiger partial charge in [0.25, 0.3) is 5.88 Å². The summed E-state index contributed by atoms with van der Waals surface area (Å²) in [7, 11) is 0. The van der Waals surface area contributed by atoms with Gasteiger partial charge in [-0.15, -0.1) is 10.2 Å². The van der Waals surface area contributed by atoms with E-state index in [9.17, 15) is 10.1 Å². The van der Waals surface area contributed by atoms with Crippen molar-refractivity contribution in [2.75, 3.05) is 5.88 Å². The zero-order valence-corrected chi connectivity index (χ0v) is 6.39. The molecule has 0 radical (unpaired) electrons. The monoisotopic (exact) mass is 177 g/mol. The van der Waals surface area contributed by atoms with Gasteiger partial charge >= 0.3 is 0 Å². The van der Waals surface area contributed by atoms with E-state index >= 15 is 0 Å². The van der Waals surface area contributed by atoms with Crippen molar-refractivity contribution >= 4 is 23.1 Å². The molecule has 0 aliphatic carbocycles. The fourth-order valence-corrected chi connectivity index (χ4v) is 1.49. The molecule has 0 unspecified atom stereocenters. The molecule has 0 aliphatic rings. The van der Waals surface area contributed by atoms with Gasteiger partial charge in [0.05, 0.1) is 0 Å². The topological polar surface area (TPSA) is 68.9 Å². The molecule has 0 amide bonds. The molecule has 5 nitrogen and oxygen atoms in total. The van der Waals surface area contributed by atoms with Crippen molar-refractivity contribution in [1.82, 2.24) is 10.2 Å². The molecule has 10 heavy (non-hydrogen) atoms. The zero-order chi connectivity index (χ0) is 7.40. The van der Waals surface area contributed by atoms with Gasteiger partial charge in [-0.05, 0) is 11.8 Å². The van der Waals surface area contributed by atoms with Crippen molar-refractivity contribution in [1.29, 1.82) is 0 Å². The molecule has 0 saturated heterocycles. The Hall–Kier alpha value is -0.690. The molecule has 7 heteroatoms. The van der Waals surface area contributed by atoms with Crippen LogP contribution in [0.3, 0.4) is 0 Å². The summed E-state index contributed by atoms with van der Waals surface area (Å²) in [5.74, 6) is -0.144. The summed E-state index contributed by atoms with van der Waals surface area (Å²) in [6, 6.07) is 0. The SMILES string of the molecule is O=[N+]([O-])CSc1nncs1. The summed E-state index contributed by atoms with van der Waals surface area (Å²) in [5, 5.41) is 17.0. The molecule has 0 saturated carbocycles. The van der Waals surface area contributed by atoms with Crippen LogP contribution >= 0.6 is 23.1 Å². The Kier molecular flexibility index (Phi) is 2.57. The van der Waals surface area contributed by atoms with E-state index in [2.05, 4.69) is 10.2 Å². The predicted octanol–water partition coefficient (Wildman–Crippen LogP) is 0.864. The summed E-state index contributed by atoms with van der Waals surface area (Å²) in [5.41, 5.74) is 1.54. The van der Waals surface area contributed by atoms with Crippen molar-refractivity contribution < 1.29 is 4.92 Å². The molecule has 0 atom stereocenters. The van der Waals surface area contributed by atoms with Crippen LogP contribution in [0.4, 0.5) is 0 Å². The van der Waals surface area contributed by atoms with Crippen molar-refractivity contribution in [2.45, 2.75) is 4.34 Å². The van der Waals surface area contributed by atoms with Crippen LogP contribution in [0.15, 0.2) is 9.85 Å². The Morgan fingerprint density at radius 1 is 1.90 bits per heavy atom. The van der Waals surface area contributed by atoms with E-state index in [0.29, 0.717) is 4.34 Å². The summed E-state index contributed by atoms with van der Waals surface area (Å²) >= 11 is 2.38. The lowest BCUT2D eigenvalue weighted by atomic mass is 11.5. The maximum absolute atomic E-state index is 9.84. The summed E-state index contributed by atoms with van der Waals surface area (Å²) < 4.78 is 0.636. The second-order valence-corrected chi connectivity index (χ2v) is 3.34. The fraction of sp³-hybridized carbons (Fsp3) is 0.333. The molecule has 0 spiro atoms. The van der Waals surface area contributed by atoms with E-state index in [0.717, 1.165) is 11.8 Å². The summed E-state index contributed by atoms with van der Waals surface area (Å²) in [6.07, 6.45) is 0. The van der Waals surface area contributed by atoms with Crippen LogP contribution in [-0.2, 0) is 0 Å². The lowest BCUT2D eigenvalue weighted by Gasteiger charge is -1.85. The Balaban J connectivity index is 2.35. The molecule has 1 heterocycles. The molecule has 1 aromatic heterocycles. The standard InChI is InChI=1S/C3H3N3O2S2/c7-6(8)2-10-3-5-4-1-9-3/h1H,2H2. The smallest absolute Gasteiger partial charge is 0.255 e. The third-order valence-corrected chi connectivity index (χ3v) is 2.43. The highest BCUT2D eigenvalue weighted by molar-refractivity contribution is 8.00. The van der Waals surface area contributed by atoms with E-state index in [1.54, 1.807) is 5.51 Å². The number of hydrogen-bond acceptors (Lipinski definition) is 6. The second kappa shape index (κ2) is 3.47. The minimum absolute atomic E-state index is 0.144. The average molecular weight is 177 g/mol. The van der Waals surface area contributed by atoms with Gasteiger partial charge in [0.1, 0.15) is 5.51 Å². The maximum atomic E-state index is 9.84. The van der Waals surface area contributed by atoms with Crippen molar-refractivity contribution in [3.05, 3.63) is 15.6 Å². The van der Waals surface area contributed by atoms with Gasteiger partial charge in [-0.1, -0.05) is 11.3 Å². The van der Waals surface area contributed by atoms with Gasteiger partial charge in [0.15, 0.2) is 4.34 Å². The number of hydrogen-bond donors (Lipinski definition) is 0. The second-order valence-electron chi connectivity index (χ2n) is 1.31. The highest BCUT2D eigenvalue weighted by Crippen LogP contribution is 2.17. The average Bonchev–Trinajstić information content (AvgIpc) is 2.34. The molecule has 0 aliphatic heterocycles. The van der Waals surface area contributed by atoms with Gasteiger partial charge in [0, 0.05) is 4.92 Å². The molecule has 1 rings (SSSR count). The summed E-state index contributed by atoms with van der Waals surface area (Å²) in [4.78, 5) is 9.44. The van der Waals surface area contributed by atoms with E-state index in [1.165, 1.54) is 11.3 Å². The van der Waals surface area contributed by atoms with E-state index in [1.807, 2.05) is 0 Å². The first-order chi connectivity index (χ1) is 4.79. The number of aromatic nitrogens is 2. The van der Waals surface area contributed by atoms with Crippen LogP contribution in [0.5, 0.6) is 0 Å². The van der Waals surface area contributed by atoms with Crippen molar-refractivity contribution in [3.8, 4) is 0 Å². The van der Waals surface area contributed by atoms with Crippen LogP contribution in [0.1, 0.15) is 0 Å². The van der Waals surface area contributed by atoms with Crippen LogP contribution in [0.2, 0.25) is 0 Å². The lowest BCUT2D eigenvalue weighted by molar-refractivity contribution is -0.456. The first kappa shape index (κ1) is 7.42. The Labute approximate surface area is 64.6 Å². The molecule has 1 aromatic rings. The third kappa shape index (κ3) is 2.28. The first-order valence-corrected chi connectivity index (χ1v) is 4.16. The van der Waals surface area contributed by atoms with Crippen LogP contribution in [-0.4, -0.2) is 21.0 Å². The summed E-state index contributed by atoms with van der Waals surface area (Å²) in [6.45, 7) is 0. The van der Waals surface area contributed by atoms with E-state index in [-0.39, 0.29) is 5.88 Å². The highest BCUT2D eigenvalue weighted by atomic mass is 32.2. The van der Waals surface area contributed by atoms with Gasteiger partial charge in [-0.2, -0.15) is 0 Å². The Morgan fingerprint density at radius 2 is 2.70 bits per heavy atom. The Morgan fingerprint density at radius 3 is 3.20 bits per heavy atom. The van der Waals surface area contributed by atoms with Gasteiger partial charge < -0.3 is 0 Å². The number of nitrogens with zero attached hydrogens (tertiary/aromatic N) is 3. The van der Waals surface area contributed by atoms with Crippen LogP contribution in [0.25, 0.3) is 0 Å². The minimum atomic E-state index is -0.397. The van der Waals surface area contributed by atoms with Gasteiger partial charge in [-0.25, -0.2) is 0 Å². The highest BCUT2D eigenvalue weighted by Gasteiger charge is 2.01. The Bertz CT molecular complexity index is 212. The minimum Gasteiger partial charge on any atom is -0.264 e. The van der Waals surface area contributed by atoms with Crippen molar-refractivity contribution in [2.24, 2.45) is 0 Å². The predicted molar refractivity (Wildman–Crippen MR) is 37.6 cm³/mol. The normalized spacial score (nSPS) is 9.60. The zero-order valence-electron chi connectivity index (χ0n) is 4.76.